The molecule has 0 aliphatic heterocycles. The van der Waals surface area contributed by atoms with Crippen LogP contribution in [0.25, 0.3) is 11.1 Å². The molecule has 0 heterocycles. The van der Waals surface area contributed by atoms with Crippen molar-refractivity contribution in [3.05, 3.63) is 55.9 Å². The maximum atomic E-state index is 6.24. The summed E-state index contributed by atoms with van der Waals surface area (Å²) in [5.74, 6) is 0. The molecule has 16 heavy (non-hydrogen) atoms. The van der Waals surface area contributed by atoms with E-state index in [1.165, 1.54) is 5.56 Å². The van der Waals surface area contributed by atoms with Gasteiger partial charge in [-0.05, 0) is 30.7 Å². The monoisotopic (exact) mass is 358 g/mol. The summed E-state index contributed by atoms with van der Waals surface area (Å²) in [6.45, 7) is 2.07. The highest BCUT2D eigenvalue weighted by atomic mass is 79.9. The quantitative estimate of drug-likeness (QED) is 0.599. The Morgan fingerprint density at radius 3 is 2.44 bits per heavy atom. The second-order valence-electron chi connectivity index (χ2n) is 3.58. The number of aryl methyl sites for hydroxylation is 1. The van der Waals surface area contributed by atoms with Gasteiger partial charge in [-0.15, -0.1) is 0 Å². The van der Waals surface area contributed by atoms with Crippen molar-refractivity contribution in [2.75, 3.05) is 0 Å². The van der Waals surface area contributed by atoms with Crippen LogP contribution in [-0.4, -0.2) is 0 Å². The SMILES string of the molecule is Cc1ccc(Br)c(-c2c(Cl)cccc2Br)c1. The number of hydrogen-bond donors (Lipinski definition) is 0. The maximum Gasteiger partial charge on any atom is 0.0496 e. The first-order valence-electron chi connectivity index (χ1n) is 4.80. The van der Waals surface area contributed by atoms with E-state index in [9.17, 15) is 0 Å². The van der Waals surface area contributed by atoms with E-state index in [0.29, 0.717) is 0 Å². The van der Waals surface area contributed by atoms with Crippen LogP contribution in [0.3, 0.4) is 0 Å². The van der Waals surface area contributed by atoms with Gasteiger partial charge in [-0.25, -0.2) is 0 Å². The van der Waals surface area contributed by atoms with E-state index >= 15 is 0 Å². The van der Waals surface area contributed by atoms with E-state index < -0.39 is 0 Å². The first-order valence-corrected chi connectivity index (χ1v) is 6.76. The molecular weight excluding hydrogens is 351 g/mol. The Kier molecular flexibility index (Phi) is 3.73. The molecule has 3 heteroatoms. The summed E-state index contributed by atoms with van der Waals surface area (Å²) in [6, 6.07) is 12.1. The zero-order chi connectivity index (χ0) is 11.7. The van der Waals surface area contributed by atoms with Gasteiger partial charge in [-0.2, -0.15) is 0 Å². The lowest BCUT2D eigenvalue weighted by molar-refractivity contribution is 1.44. The Hall–Kier alpha value is -0.310. The van der Waals surface area contributed by atoms with Crippen LogP contribution in [0, 0.1) is 6.92 Å². The molecule has 0 aliphatic carbocycles. The van der Waals surface area contributed by atoms with Crippen LogP contribution in [-0.2, 0) is 0 Å². The Balaban J connectivity index is 2.72. The van der Waals surface area contributed by atoms with Gasteiger partial charge >= 0.3 is 0 Å². The first-order chi connectivity index (χ1) is 7.59. The smallest absolute Gasteiger partial charge is 0.0496 e. The molecule has 0 bridgehead atoms. The minimum Gasteiger partial charge on any atom is -0.0836 e. The van der Waals surface area contributed by atoms with Crippen molar-refractivity contribution in [2.45, 2.75) is 6.92 Å². The molecule has 0 aromatic heterocycles. The molecule has 2 aromatic carbocycles. The van der Waals surface area contributed by atoms with E-state index in [1.54, 1.807) is 0 Å². The highest BCUT2D eigenvalue weighted by molar-refractivity contribution is 9.11. The van der Waals surface area contributed by atoms with Gasteiger partial charge in [0.15, 0.2) is 0 Å². The van der Waals surface area contributed by atoms with Gasteiger partial charge in [0.2, 0.25) is 0 Å². The fourth-order valence-electron chi connectivity index (χ4n) is 1.59. The lowest BCUT2D eigenvalue weighted by Gasteiger charge is -2.10. The highest BCUT2D eigenvalue weighted by Crippen LogP contribution is 2.38. The van der Waals surface area contributed by atoms with Gasteiger partial charge in [0.25, 0.3) is 0 Å². The lowest BCUT2D eigenvalue weighted by Crippen LogP contribution is -1.85. The molecule has 2 rings (SSSR count). The average molecular weight is 360 g/mol. The molecule has 2 aromatic rings. The van der Waals surface area contributed by atoms with E-state index in [0.717, 1.165) is 25.1 Å². The summed E-state index contributed by atoms with van der Waals surface area (Å²) in [7, 11) is 0. The van der Waals surface area contributed by atoms with Gasteiger partial charge in [0.05, 0.1) is 0 Å². The molecule has 0 radical (unpaired) electrons. The number of benzene rings is 2. The second-order valence-corrected chi connectivity index (χ2v) is 5.70. The van der Waals surface area contributed by atoms with Crippen LogP contribution in [0.2, 0.25) is 5.02 Å². The van der Waals surface area contributed by atoms with Gasteiger partial charge in [0, 0.05) is 19.5 Å². The topological polar surface area (TPSA) is 0 Å². The van der Waals surface area contributed by atoms with Crippen molar-refractivity contribution in [1.29, 1.82) is 0 Å². The standard InChI is InChI=1S/C13H9Br2Cl/c1-8-5-6-10(14)9(7-8)13-11(15)3-2-4-12(13)16/h2-7H,1H3. The van der Waals surface area contributed by atoms with Gasteiger partial charge in [-0.3, -0.25) is 0 Å². The summed E-state index contributed by atoms with van der Waals surface area (Å²) in [5, 5.41) is 0.751. The summed E-state index contributed by atoms with van der Waals surface area (Å²) in [6.07, 6.45) is 0. The number of rotatable bonds is 1. The first kappa shape index (κ1) is 12.2. The normalized spacial score (nSPS) is 10.5. The Morgan fingerprint density at radius 2 is 1.75 bits per heavy atom. The van der Waals surface area contributed by atoms with Crippen molar-refractivity contribution < 1.29 is 0 Å². The van der Waals surface area contributed by atoms with E-state index in [4.69, 9.17) is 11.6 Å². The van der Waals surface area contributed by atoms with Crippen molar-refractivity contribution in [3.63, 3.8) is 0 Å². The third-order valence-electron chi connectivity index (χ3n) is 2.35. The van der Waals surface area contributed by atoms with Gasteiger partial charge in [0.1, 0.15) is 0 Å². The molecule has 0 saturated heterocycles. The predicted octanol–water partition coefficient (Wildman–Crippen LogP) is 5.84. The molecular formula is C13H9Br2Cl. The molecule has 0 saturated carbocycles. The van der Waals surface area contributed by atoms with Crippen molar-refractivity contribution in [3.8, 4) is 11.1 Å². The van der Waals surface area contributed by atoms with Crippen LogP contribution < -0.4 is 0 Å². The molecule has 0 N–H and O–H groups in total. The molecule has 82 valence electrons. The molecule has 0 unspecified atom stereocenters. The average Bonchev–Trinajstić information content (AvgIpc) is 2.23. The molecule has 0 spiro atoms. The molecule has 0 aliphatic rings. The molecule has 0 amide bonds. The lowest BCUT2D eigenvalue weighted by atomic mass is 10.0. The fraction of sp³-hybridized carbons (Fsp3) is 0.0769. The Morgan fingerprint density at radius 1 is 1.00 bits per heavy atom. The Labute approximate surface area is 117 Å². The van der Waals surface area contributed by atoms with E-state index in [-0.39, 0.29) is 0 Å². The van der Waals surface area contributed by atoms with E-state index in [2.05, 4.69) is 50.9 Å². The summed E-state index contributed by atoms with van der Waals surface area (Å²) < 4.78 is 2.05. The minimum atomic E-state index is 0.751. The molecule has 0 nitrogen and oxygen atoms in total. The summed E-state index contributed by atoms with van der Waals surface area (Å²) in [4.78, 5) is 0. The largest absolute Gasteiger partial charge is 0.0836 e. The van der Waals surface area contributed by atoms with Crippen molar-refractivity contribution in [1.82, 2.24) is 0 Å². The third kappa shape index (κ3) is 2.34. The molecule has 0 atom stereocenters. The predicted molar refractivity (Wildman–Crippen MR) is 77.0 cm³/mol. The highest BCUT2D eigenvalue weighted by Gasteiger charge is 2.10. The zero-order valence-corrected chi connectivity index (χ0v) is 12.5. The van der Waals surface area contributed by atoms with Crippen molar-refractivity contribution >= 4 is 43.5 Å². The fourth-order valence-corrected chi connectivity index (χ4v) is 3.00. The van der Waals surface area contributed by atoms with Crippen LogP contribution in [0.5, 0.6) is 0 Å². The van der Waals surface area contributed by atoms with Crippen LogP contribution in [0.1, 0.15) is 5.56 Å². The Bertz CT molecular complexity index is 515. The van der Waals surface area contributed by atoms with Gasteiger partial charge < -0.3 is 0 Å². The van der Waals surface area contributed by atoms with E-state index in [1.807, 2.05) is 24.3 Å². The van der Waals surface area contributed by atoms with Crippen molar-refractivity contribution in [2.24, 2.45) is 0 Å². The summed E-state index contributed by atoms with van der Waals surface area (Å²) >= 11 is 13.3. The minimum absolute atomic E-state index is 0.751. The third-order valence-corrected chi connectivity index (χ3v) is 4.02. The van der Waals surface area contributed by atoms with Gasteiger partial charge in [-0.1, -0.05) is 67.2 Å². The number of hydrogen-bond acceptors (Lipinski definition) is 0. The van der Waals surface area contributed by atoms with Crippen LogP contribution >= 0.6 is 43.5 Å². The summed E-state index contributed by atoms with van der Waals surface area (Å²) in [5.41, 5.74) is 3.35. The van der Waals surface area contributed by atoms with Crippen LogP contribution in [0.4, 0.5) is 0 Å². The number of halogens is 3. The second kappa shape index (κ2) is 4.91. The molecule has 0 fully saturated rings. The van der Waals surface area contributed by atoms with Crippen LogP contribution in [0.15, 0.2) is 45.3 Å². The maximum absolute atomic E-state index is 6.24. The zero-order valence-electron chi connectivity index (χ0n) is 8.60.